The normalized spacial score (nSPS) is 43.1. The van der Waals surface area contributed by atoms with Gasteiger partial charge in [-0.1, -0.05) is 77.3 Å². The minimum absolute atomic E-state index is 0.225. The second-order valence-corrected chi connectivity index (χ2v) is 14.2. The van der Waals surface area contributed by atoms with Crippen molar-refractivity contribution in [2.75, 3.05) is 0 Å². The SMILES string of the molecule is CC(C)CCC[C@H](C)[C@@H]1CC[C@@H]2[C@@H]3CC=C4C[C@H](SC(=O)Cl)CC[C@]4(C)[C@@H]3C[C@H](C)[C@H]21. The topological polar surface area (TPSA) is 17.1 Å². The second-order valence-electron chi connectivity index (χ2n) is 12.4. The van der Waals surface area contributed by atoms with Crippen LogP contribution in [0.25, 0.3) is 0 Å². The Balaban J connectivity index is 1.46. The molecule has 0 bridgehead atoms. The largest absolute Gasteiger partial charge is 0.279 e. The maximum Gasteiger partial charge on any atom is 0.279 e. The molecule has 0 unspecified atom stereocenters. The van der Waals surface area contributed by atoms with Gasteiger partial charge in [0.15, 0.2) is 0 Å². The number of carbonyl (C=O) groups excluding carboxylic acids is 1. The van der Waals surface area contributed by atoms with Gasteiger partial charge in [0.25, 0.3) is 4.57 Å². The van der Waals surface area contributed by atoms with Gasteiger partial charge in [0, 0.05) is 5.25 Å². The number of allylic oxidation sites excluding steroid dienone is 2. The third-order valence-corrected chi connectivity index (χ3v) is 11.4. The first-order valence-corrected chi connectivity index (χ1v) is 14.5. The van der Waals surface area contributed by atoms with E-state index >= 15 is 0 Å². The molecule has 0 aromatic carbocycles. The highest BCUT2D eigenvalue weighted by atomic mass is 35.5. The van der Waals surface area contributed by atoms with E-state index in [1.54, 1.807) is 5.57 Å². The molecule has 0 amide bonds. The Labute approximate surface area is 200 Å². The summed E-state index contributed by atoms with van der Waals surface area (Å²) in [5.41, 5.74) is 2.04. The van der Waals surface area contributed by atoms with Crippen LogP contribution in [0.15, 0.2) is 11.6 Å². The average molecular weight is 465 g/mol. The molecule has 3 fully saturated rings. The molecule has 0 aromatic heterocycles. The first-order chi connectivity index (χ1) is 14.7. The molecule has 0 N–H and O–H groups in total. The lowest BCUT2D eigenvalue weighted by Crippen LogP contribution is -2.49. The molecule has 3 saturated carbocycles. The maximum absolute atomic E-state index is 11.4. The van der Waals surface area contributed by atoms with Crippen LogP contribution in [0.2, 0.25) is 0 Å². The van der Waals surface area contributed by atoms with Crippen molar-refractivity contribution in [1.82, 2.24) is 0 Å². The third kappa shape index (κ3) is 4.82. The van der Waals surface area contributed by atoms with Crippen LogP contribution in [0.3, 0.4) is 0 Å². The summed E-state index contributed by atoms with van der Waals surface area (Å²) >= 11 is 7.07. The number of carbonyl (C=O) groups is 1. The molecule has 176 valence electrons. The molecule has 4 aliphatic rings. The number of rotatable bonds is 6. The van der Waals surface area contributed by atoms with Gasteiger partial charge < -0.3 is 0 Å². The summed E-state index contributed by atoms with van der Waals surface area (Å²) in [6.07, 6.45) is 16.0. The fraction of sp³-hybridized carbons (Fsp3) is 0.893. The van der Waals surface area contributed by atoms with Gasteiger partial charge in [-0.2, -0.15) is 0 Å². The summed E-state index contributed by atoms with van der Waals surface area (Å²) in [5, 5.41) is 0.400. The summed E-state index contributed by atoms with van der Waals surface area (Å²) in [6, 6.07) is 0. The molecule has 3 heteroatoms. The van der Waals surface area contributed by atoms with Crippen molar-refractivity contribution in [2.45, 2.75) is 104 Å². The van der Waals surface area contributed by atoms with Gasteiger partial charge in [0.1, 0.15) is 0 Å². The molecule has 0 spiro atoms. The van der Waals surface area contributed by atoms with Crippen LogP contribution in [0.5, 0.6) is 0 Å². The Kier molecular flexibility index (Phi) is 7.59. The molecular weight excluding hydrogens is 420 g/mol. The minimum atomic E-state index is -0.225. The van der Waals surface area contributed by atoms with E-state index in [1.165, 1.54) is 63.1 Å². The van der Waals surface area contributed by atoms with Crippen molar-refractivity contribution < 1.29 is 4.79 Å². The molecule has 4 aliphatic carbocycles. The van der Waals surface area contributed by atoms with E-state index in [1.807, 2.05) is 0 Å². The Hall–Kier alpha value is 0.0500. The molecular formula is C28H45ClOS. The molecule has 0 saturated heterocycles. The predicted molar refractivity (Wildman–Crippen MR) is 136 cm³/mol. The lowest BCUT2D eigenvalue weighted by atomic mass is 9.48. The smallest absolute Gasteiger partial charge is 0.268 e. The van der Waals surface area contributed by atoms with Gasteiger partial charge in [0.05, 0.1) is 0 Å². The van der Waals surface area contributed by atoms with Crippen LogP contribution in [-0.4, -0.2) is 9.82 Å². The van der Waals surface area contributed by atoms with E-state index < -0.39 is 0 Å². The van der Waals surface area contributed by atoms with Gasteiger partial charge in [-0.05, 0) is 109 Å². The van der Waals surface area contributed by atoms with Gasteiger partial charge in [-0.25, -0.2) is 0 Å². The highest BCUT2D eigenvalue weighted by Gasteiger charge is 2.56. The monoisotopic (exact) mass is 464 g/mol. The molecule has 9 atom stereocenters. The Morgan fingerprint density at radius 3 is 2.68 bits per heavy atom. The van der Waals surface area contributed by atoms with E-state index in [9.17, 15) is 4.79 Å². The minimum Gasteiger partial charge on any atom is -0.268 e. The first-order valence-electron chi connectivity index (χ1n) is 13.3. The van der Waals surface area contributed by atoms with Crippen molar-refractivity contribution in [2.24, 2.45) is 52.8 Å². The van der Waals surface area contributed by atoms with E-state index in [-0.39, 0.29) is 4.57 Å². The highest BCUT2D eigenvalue weighted by molar-refractivity contribution is 8.17. The number of thioether (sulfide) groups is 1. The van der Waals surface area contributed by atoms with Crippen LogP contribution < -0.4 is 0 Å². The Morgan fingerprint density at radius 1 is 1.19 bits per heavy atom. The van der Waals surface area contributed by atoms with Crippen LogP contribution in [-0.2, 0) is 0 Å². The van der Waals surface area contributed by atoms with Crippen molar-refractivity contribution >= 4 is 27.9 Å². The number of fused-ring (bicyclic) bond motifs is 5. The molecule has 4 rings (SSSR count). The van der Waals surface area contributed by atoms with Gasteiger partial charge in [-0.15, -0.1) is 0 Å². The Bertz CT molecular complexity index is 686. The fourth-order valence-corrected chi connectivity index (χ4v) is 9.85. The van der Waals surface area contributed by atoms with Crippen molar-refractivity contribution in [3.05, 3.63) is 11.6 Å². The van der Waals surface area contributed by atoms with Gasteiger partial charge >= 0.3 is 0 Å². The molecule has 0 radical (unpaired) electrons. The third-order valence-electron chi connectivity index (χ3n) is 10.2. The zero-order valence-corrected chi connectivity index (χ0v) is 22.1. The number of hydrogen-bond acceptors (Lipinski definition) is 2. The van der Waals surface area contributed by atoms with E-state index in [4.69, 9.17) is 11.6 Å². The average Bonchev–Trinajstić information content (AvgIpc) is 3.14. The van der Waals surface area contributed by atoms with Gasteiger partial charge in [-0.3, -0.25) is 4.79 Å². The van der Waals surface area contributed by atoms with Crippen LogP contribution >= 0.6 is 23.4 Å². The second kappa shape index (κ2) is 9.73. The van der Waals surface area contributed by atoms with E-state index in [0.29, 0.717) is 10.7 Å². The molecule has 0 aliphatic heterocycles. The zero-order valence-electron chi connectivity index (χ0n) is 20.5. The van der Waals surface area contributed by atoms with Crippen LogP contribution in [0, 0.1) is 52.8 Å². The maximum atomic E-state index is 11.4. The van der Waals surface area contributed by atoms with Crippen molar-refractivity contribution in [3.63, 3.8) is 0 Å². The summed E-state index contributed by atoms with van der Waals surface area (Å²) in [5.74, 6) is 7.27. The number of halogens is 1. The quantitative estimate of drug-likeness (QED) is 0.287. The van der Waals surface area contributed by atoms with Gasteiger partial charge in [0.2, 0.25) is 0 Å². The molecule has 0 aromatic rings. The standard InChI is InChI=1S/C28H45ClOS/c1-17(2)7-6-8-18(3)22-11-12-24-23-10-9-20-16-21(31-27(29)30)13-14-28(20,5)25(23)15-19(4)26(22)24/h9,17-19,21-26H,6-8,10-16H2,1-5H3/t18-,19-,21+,22-,23-,24+,25+,26-,28-/m0/s1. The van der Waals surface area contributed by atoms with Crippen LogP contribution in [0.1, 0.15) is 98.8 Å². The summed E-state index contributed by atoms with van der Waals surface area (Å²) in [6.45, 7) is 12.5. The molecule has 0 heterocycles. The van der Waals surface area contributed by atoms with E-state index in [2.05, 4.69) is 40.7 Å². The highest BCUT2D eigenvalue weighted by Crippen LogP contribution is 2.64. The summed E-state index contributed by atoms with van der Waals surface area (Å²) in [7, 11) is 0. The fourth-order valence-electron chi connectivity index (χ4n) is 8.71. The molecule has 31 heavy (non-hydrogen) atoms. The number of hydrogen-bond donors (Lipinski definition) is 0. The molecule has 1 nitrogen and oxygen atoms in total. The summed E-state index contributed by atoms with van der Waals surface area (Å²) < 4.78 is -0.225. The zero-order chi connectivity index (χ0) is 22.3. The summed E-state index contributed by atoms with van der Waals surface area (Å²) in [4.78, 5) is 11.4. The van der Waals surface area contributed by atoms with Crippen molar-refractivity contribution in [1.29, 1.82) is 0 Å². The Morgan fingerprint density at radius 2 is 1.97 bits per heavy atom. The first kappa shape index (κ1) is 24.2. The van der Waals surface area contributed by atoms with Crippen LogP contribution in [0.4, 0.5) is 4.79 Å². The lowest BCUT2D eigenvalue weighted by Gasteiger charge is -2.57. The predicted octanol–water partition coefficient (Wildman–Crippen LogP) is 9.34. The van der Waals surface area contributed by atoms with E-state index in [0.717, 1.165) is 60.2 Å². The van der Waals surface area contributed by atoms with Crippen molar-refractivity contribution in [3.8, 4) is 0 Å². The lowest BCUT2D eigenvalue weighted by molar-refractivity contribution is -0.0300.